The second-order valence-electron chi connectivity index (χ2n) is 13.7. The molecule has 1 N–H and O–H groups in total. The lowest BCUT2D eigenvalue weighted by atomic mass is 9.99. The summed E-state index contributed by atoms with van der Waals surface area (Å²) >= 11 is 31.6. The van der Waals surface area contributed by atoms with Crippen molar-refractivity contribution >= 4 is 93.3 Å². The molecule has 0 unspecified atom stereocenters. The largest absolute Gasteiger partial charge is 0.443 e. The van der Waals surface area contributed by atoms with Crippen LogP contribution in [-0.4, -0.2) is 39.4 Å². The molecular weight excluding hydrogens is 760 g/mol. The van der Waals surface area contributed by atoms with Gasteiger partial charge in [0.25, 0.3) is 0 Å². The van der Waals surface area contributed by atoms with Gasteiger partial charge in [0.1, 0.15) is 21.4 Å². The van der Waals surface area contributed by atoms with Gasteiger partial charge in [-0.2, -0.15) is 4.90 Å². The molecule has 1 fully saturated rings. The lowest BCUT2D eigenvalue weighted by Gasteiger charge is -2.29. The molecule has 0 heterocycles. The first-order valence-electron chi connectivity index (χ1n) is 15.1. The lowest BCUT2D eigenvalue weighted by molar-refractivity contribution is -0.117. The zero-order chi connectivity index (χ0) is 37.7. The fraction of sp³-hybridized carbons (Fsp3) is 0.371. The van der Waals surface area contributed by atoms with Crippen LogP contribution in [0, 0.1) is 24.5 Å². The van der Waals surface area contributed by atoms with E-state index in [1.165, 1.54) is 53.7 Å². The number of alkyl halides is 2. The quantitative estimate of drug-likeness (QED) is 0.189. The Kier molecular flexibility index (Phi) is 11.5. The van der Waals surface area contributed by atoms with Crippen molar-refractivity contribution in [1.82, 2.24) is 0 Å². The number of nitrogens with one attached hydrogen (secondary N) is 1. The van der Waals surface area contributed by atoms with E-state index in [2.05, 4.69) is 5.32 Å². The van der Waals surface area contributed by atoms with E-state index >= 15 is 8.78 Å². The fourth-order valence-electron chi connectivity index (χ4n) is 5.08. The summed E-state index contributed by atoms with van der Waals surface area (Å²) in [5.74, 6) is -5.19. The van der Waals surface area contributed by atoms with Crippen LogP contribution < -0.4 is 10.2 Å². The molecule has 1 aliphatic carbocycles. The minimum Gasteiger partial charge on any atom is -0.443 e. The number of ketones is 1. The number of aryl methyl sites for hydroxylation is 1. The number of hydrogen-bond donors (Lipinski definition) is 1. The van der Waals surface area contributed by atoms with Crippen LogP contribution in [0.3, 0.4) is 0 Å². The van der Waals surface area contributed by atoms with Crippen molar-refractivity contribution in [2.24, 2.45) is 5.92 Å². The minimum atomic E-state index is -1.45. The van der Waals surface area contributed by atoms with Gasteiger partial charge in [-0.1, -0.05) is 40.9 Å². The molecule has 50 heavy (non-hydrogen) atoms. The summed E-state index contributed by atoms with van der Waals surface area (Å²) in [7, 11) is 0. The first kappa shape index (κ1) is 39.6. The zero-order valence-electron chi connectivity index (χ0n) is 27.9. The SMILES string of the molecule is Cc1cc(NC(=O)[C@H]2[C@H](c3ccc(Cl)c(Cl)c3)C2(Cl)Cl)cc(C(=O)Cc2cc(N(C(=O)OC(C)(C)C)C(=O)OC(C)(C)C)c(F)cc2F)c1Cl. The maximum Gasteiger partial charge on any atom is 0.424 e. The topological polar surface area (TPSA) is 102 Å². The van der Waals surface area contributed by atoms with Crippen LogP contribution in [-0.2, 0) is 20.7 Å². The predicted octanol–water partition coefficient (Wildman–Crippen LogP) is 10.9. The first-order chi connectivity index (χ1) is 22.9. The second-order valence-corrected chi connectivity index (χ2v) is 16.4. The van der Waals surface area contributed by atoms with Gasteiger partial charge in [-0.15, -0.1) is 23.2 Å². The molecule has 15 heteroatoms. The molecule has 3 aromatic rings. The van der Waals surface area contributed by atoms with Crippen molar-refractivity contribution in [3.05, 3.63) is 91.4 Å². The number of halogens is 7. The summed E-state index contributed by atoms with van der Waals surface area (Å²) in [6, 6.07) is 8.91. The molecule has 1 saturated carbocycles. The average Bonchev–Trinajstić information content (AvgIpc) is 3.54. The van der Waals surface area contributed by atoms with Crippen molar-refractivity contribution in [2.75, 3.05) is 10.2 Å². The smallest absolute Gasteiger partial charge is 0.424 e. The number of hydrogen-bond acceptors (Lipinski definition) is 6. The second kappa shape index (κ2) is 14.5. The van der Waals surface area contributed by atoms with Crippen molar-refractivity contribution < 1.29 is 37.4 Å². The van der Waals surface area contributed by atoms with Gasteiger partial charge in [-0.3, -0.25) is 9.59 Å². The highest BCUT2D eigenvalue weighted by Gasteiger charge is 2.67. The Morgan fingerprint density at radius 2 is 1.42 bits per heavy atom. The summed E-state index contributed by atoms with van der Waals surface area (Å²) in [5.41, 5.74) is -2.19. The Morgan fingerprint density at radius 1 is 0.840 bits per heavy atom. The number of rotatable bonds is 7. The van der Waals surface area contributed by atoms with E-state index in [9.17, 15) is 19.2 Å². The lowest BCUT2D eigenvalue weighted by Crippen LogP contribution is -2.44. The summed E-state index contributed by atoms with van der Waals surface area (Å²) in [4.78, 5) is 53.4. The Balaban J connectivity index is 1.63. The van der Waals surface area contributed by atoms with Crippen LogP contribution in [0.25, 0.3) is 0 Å². The number of carbonyl (C=O) groups excluding carboxylic acids is 4. The van der Waals surface area contributed by atoms with Crippen LogP contribution in [0.15, 0.2) is 42.5 Å². The number of imide groups is 1. The van der Waals surface area contributed by atoms with Gasteiger partial charge in [0.05, 0.1) is 26.7 Å². The Morgan fingerprint density at radius 3 is 1.96 bits per heavy atom. The summed E-state index contributed by atoms with van der Waals surface area (Å²) < 4.78 is 39.5. The Hall–Kier alpha value is -3.15. The number of Topliss-reactive ketones (excluding diaryl/α,β-unsaturated/α-hetero) is 1. The van der Waals surface area contributed by atoms with Crippen LogP contribution in [0.2, 0.25) is 15.1 Å². The van der Waals surface area contributed by atoms with Crippen LogP contribution >= 0.6 is 58.0 Å². The number of benzene rings is 3. The van der Waals surface area contributed by atoms with Crippen molar-refractivity contribution in [3.8, 4) is 0 Å². The molecule has 3 aromatic carbocycles. The highest BCUT2D eigenvalue weighted by molar-refractivity contribution is 6.53. The van der Waals surface area contributed by atoms with Crippen LogP contribution in [0.5, 0.6) is 0 Å². The molecule has 0 spiro atoms. The maximum absolute atomic E-state index is 15.2. The van der Waals surface area contributed by atoms with E-state index in [1.54, 1.807) is 25.1 Å². The van der Waals surface area contributed by atoms with E-state index in [1.807, 2.05) is 0 Å². The number of anilines is 2. The molecule has 0 aromatic heterocycles. The Labute approximate surface area is 313 Å². The molecular formula is C35H33Cl5F2N2O6. The highest BCUT2D eigenvalue weighted by Crippen LogP contribution is 2.65. The van der Waals surface area contributed by atoms with Gasteiger partial charge in [0.15, 0.2) is 11.6 Å². The highest BCUT2D eigenvalue weighted by atomic mass is 35.5. The van der Waals surface area contributed by atoms with Gasteiger partial charge in [-0.25, -0.2) is 18.4 Å². The molecule has 3 amide bonds. The number of nitrogens with zero attached hydrogens (tertiary/aromatic N) is 1. The third kappa shape index (κ3) is 9.01. The molecule has 0 bridgehead atoms. The molecule has 8 nitrogen and oxygen atoms in total. The maximum atomic E-state index is 15.2. The monoisotopic (exact) mass is 790 g/mol. The summed E-state index contributed by atoms with van der Waals surface area (Å²) in [6.45, 7) is 10.8. The summed E-state index contributed by atoms with van der Waals surface area (Å²) in [5, 5.41) is 3.31. The fourth-order valence-corrected chi connectivity index (χ4v) is 6.43. The molecule has 1 aliphatic rings. The third-order valence-corrected chi connectivity index (χ3v) is 9.50. The molecule has 0 saturated heterocycles. The normalized spacial score (nSPS) is 16.8. The summed E-state index contributed by atoms with van der Waals surface area (Å²) in [6.07, 6.45) is -3.25. The standard InChI is InChI=1S/C35H33Cl5F2N2O6/c1-16-10-19(43-30(46)28-27(35(28,39)40)17-8-9-21(36)22(37)11-17)14-20(29(16)38)26(45)13-18-12-25(24(42)15-23(18)41)44(31(47)49-33(2,3)4)32(48)50-34(5,6)7/h8-12,14-15,27-28H,13H2,1-7H3,(H,43,46)/t27-,28+/m0/s1. The van der Waals surface area contributed by atoms with E-state index < -0.39 is 75.0 Å². The van der Waals surface area contributed by atoms with E-state index in [4.69, 9.17) is 67.5 Å². The van der Waals surface area contributed by atoms with E-state index in [-0.39, 0.29) is 26.9 Å². The van der Waals surface area contributed by atoms with E-state index in [0.29, 0.717) is 27.1 Å². The molecule has 2 atom stereocenters. The average molecular weight is 793 g/mol. The number of ether oxygens (including phenoxy) is 2. The van der Waals surface area contributed by atoms with Gasteiger partial charge in [0.2, 0.25) is 5.91 Å². The van der Waals surface area contributed by atoms with Gasteiger partial charge in [-0.05, 0) is 95.5 Å². The number of carbonyl (C=O) groups is 4. The molecule has 0 aliphatic heterocycles. The Bertz CT molecular complexity index is 1860. The first-order valence-corrected chi connectivity index (χ1v) is 17.0. The predicted molar refractivity (Wildman–Crippen MR) is 191 cm³/mol. The van der Waals surface area contributed by atoms with E-state index in [0.717, 1.165) is 6.07 Å². The van der Waals surface area contributed by atoms with Crippen molar-refractivity contribution in [2.45, 2.75) is 76.3 Å². The molecule has 268 valence electrons. The van der Waals surface area contributed by atoms with Crippen LogP contribution in [0.1, 0.15) is 74.5 Å². The molecule has 4 rings (SSSR count). The van der Waals surface area contributed by atoms with Crippen molar-refractivity contribution in [1.29, 1.82) is 0 Å². The number of amides is 3. The van der Waals surface area contributed by atoms with Crippen LogP contribution in [0.4, 0.5) is 29.7 Å². The van der Waals surface area contributed by atoms with Gasteiger partial charge < -0.3 is 14.8 Å². The van der Waals surface area contributed by atoms with Gasteiger partial charge >= 0.3 is 12.2 Å². The zero-order valence-corrected chi connectivity index (χ0v) is 31.7. The molecule has 0 radical (unpaired) electrons. The van der Waals surface area contributed by atoms with Crippen molar-refractivity contribution in [3.63, 3.8) is 0 Å². The minimum absolute atomic E-state index is 0.0176. The third-order valence-electron chi connectivity index (χ3n) is 7.32. The van der Waals surface area contributed by atoms with Gasteiger partial charge in [0, 0.05) is 29.7 Å².